The van der Waals surface area contributed by atoms with Crippen LogP contribution in [0.1, 0.15) is 24.1 Å². The Morgan fingerprint density at radius 2 is 1.78 bits per heavy atom. The Morgan fingerprint density at radius 3 is 2.44 bits per heavy atom. The summed E-state index contributed by atoms with van der Waals surface area (Å²) in [6, 6.07) is 11.3. The fourth-order valence-corrected chi connectivity index (χ4v) is 7.15. The largest absolute Gasteiger partial charge is 0.482 e. The number of hydrogen-bond acceptors (Lipinski definition) is 7. The Kier molecular flexibility index (Phi) is 10.4. The molecule has 1 saturated heterocycles. The first-order chi connectivity index (χ1) is 21.5. The van der Waals surface area contributed by atoms with Crippen LogP contribution in [-0.2, 0) is 34.3 Å². The zero-order valence-corrected chi connectivity index (χ0v) is 26.3. The van der Waals surface area contributed by atoms with Crippen LogP contribution in [0.2, 0.25) is 5.02 Å². The number of benzene rings is 2. The van der Waals surface area contributed by atoms with Crippen molar-refractivity contribution in [1.82, 2.24) is 19.0 Å². The van der Waals surface area contributed by atoms with Crippen LogP contribution < -0.4 is 9.64 Å². The number of halogens is 4. The van der Waals surface area contributed by atoms with Crippen LogP contribution in [0.3, 0.4) is 0 Å². The summed E-state index contributed by atoms with van der Waals surface area (Å²) in [5.74, 6) is 0.201. The van der Waals surface area contributed by atoms with Crippen LogP contribution in [0.15, 0.2) is 42.5 Å². The summed E-state index contributed by atoms with van der Waals surface area (Å²) in [7, 11) is -3.40. The van der Waals surface area contributed by atoms with Crippen LogP contribution in [0, 0.1) is 5.82 Å². The number of aliphatic hydroxyl groups excluding tert-OH is 1. The molecule has 10 nitrogen and oxygen atoms in total. The van der Waals surface area contributed by atoms with Crippen molar-refractivity contribution in [3.8, 4) is 17.0 Å². The molecule has 2 aromatic carbocycles. The number of anilines is 1. The van der Waals surface area contributed by atoms with Crippen LogP contribution >= 0.6 is 11.6 Å². The second-order valence-electron chi connectivity index (χ2n) is 11.3. The van der Waals surface area contributed by atoms with Crippen molar-refractivity contribution in [3.05, 3.63) is 64.6 Å². The van der Waals surface area contributed by atoms with Crippen LogP contribution in [0.5, 0.6) is 5.75 Å². The average molecular weight is 670 g/mol. The number of alkyl halides is 2. The normalized spacial score (nSPS) is 18.4. The van der Waals surface area contributed by atoms with Crippen molar-refractivity contribution in [2.45, 2.75) is 44.5 Å². The molecule has 1 atom stereocenters. The minimum Gasteiger partial charge on any atom is -0.482 e. The third-order valence-corrected chi connectivity index (χ3v) is 9.75. The van der Waals surface area contributed by atoms with Gasteiger partial charge in [-0.25, -0.2) is 21.6 Å². The van der Waals surface area contributed by atoms with Crippen molar-refractivity contribution in [2.24, 2.45) is 0 Å². The highest BCUT2D eigenvalue weighted by Crippen LogP contribution is 2.37. The summed E-state index contributed by atoms with van der Waals surface area (Å²) in [6.45, 7) is 0.868. The van der Waals surface area contributed by atoms with Gasteiger partial charge in [0.05, 0.1) is 30.3 Å². The molecule has 15 heteroatoms. The van der Waals surface area contributed by atoms with E-state index in [9.17, 15) is 31.5 Å². The van der Waals surface area contributed by atoms with E-state index in [1.54, 1.807) is 35.0 Å². The lowest BCUT2D eigenvalue weighted by Gasteiger charge is -2.41. The number of ether oxygens (including phenoxy) is 1. The number of carbonyl (C=O) groups is 1. The maximum Gasteiger partial charge on any atom is 0.265 e. The molecule has 0 spiro atoms. The molecule has 6 rings (SSSR count). The van der Waals surface area contributed by atoms with E-state index in [2.05, 4.69) is 4.90 Å². The lowest BCUT2D eigenvalue weighted by molar-refractivity contribution is -0.122. The number of amides is 1. The van der Waals surface area contributed by atoms with Crippen molar-refractivity contribution in [3.63, 3.8) is 0 Å². The average Bonchev–Trinajstić information content (AvgIpc) is 3.35. The standard InChI is InChI=1S/C29H33ClFN5O5S.CH2F2/c1-42(39,40)34-13-10-25-24(17-34)29(19-2-5-21(31)6-3-19)32-35(25)16-23(37)15-33-11-8-22(9-12-33)36-26-14-20(30)4-7-27(26)41-18-28(36)38;2-1-3/h2-7,14,22-23,37H,8-13,15-18H2,1H3;1H2. The zero-order valence-electron chi connectivity index (χ0n) is 24.7. The molecule has 0 radical (unpaired) electrons. The van der Waals surface area contributed by atoms with Crippen molar-refractivity contribution in [2.75, 3.05) is 50.9 Å². The highest BCUT2D eigenvalue weighted by Gasteiger charge is 2.35. The minimum absolute atomic E-state index is 0.00358. The van der Waals surface area contributed by atoms with Gasteiger partial charge in [-0.1, -0.05) is 11.6 Å². The number of fused-ring (bicyclic) bond motifs is 2. The monoisotopic (exact) mass is 669 g/mol. The molecular formula is C30H35ClF3N5O5S. The van der Waals surface area contributed by atoms with E-state index in [1.807, 2.05) is 4.90 Å². The molecule has 1 unspecified atom stereocenters. The zero-order chi connectivity index (χ0) is 32.3. The number of hydrogen-bond donors (Lipinski definition) is 1. The summed E-state index contributed by atoms with van der Waals surface area (Å²) in [4.78, 5) is 16.8. The molecule has 45 heavy (non-hydrogen) atoms. The fourth-order valence-electron chi connectivity index (χ4n) is 6.20. The highest BCUT2D eigenvalue weighted by molar-refractivity contribution is 7.88. The Bertz CT molecular complexity index is 1620. The van der Waals surface area contributed by atoms with Gasteiger partial charge in [0.15, 0.2) is 6.61 Å². The fraction of sp³-hybridized carbons (Fsp3) is 0.467. The molecule has 0 saturated carbocycles. The first kappa shape index (κ1) is 33.2. The summed E-state index contributed by atoms with van der Waals surface area (Å²) in [5.41, 5.74) is 3.66. The van der Waals surface area contributed by atoms with Crippen LogP contribution in [0.25, 0.3) is 11.3 Å². The molecular weight excluding hydrogens is 635 g/mol. The number of rotatable bonds is 7. The number of likely N-dealkylation sites (tertiary alicyclic amines) is 1. The predicted molar refractivity (Wildman–Crippen MR) is 164 cm³/mol. The lowest BCUT2D eigenvalue weighted by atomic mass is 10.0. The van der Waals surface area contributed by atoms with E-state index in [4.69, 9.17) is 21.4 Å². The van der Waals surface area contributed by atoms with Crippen LogP contribution in [0.4, 0.5) is 18.9 Å². The molecule has 1 fully saturated rings. The molecule has 1 amide bonds. The van der Waals surface area contributed by atoms with E-state index in [-0.39, 0.29) is 37.5 Å². The first-order valence-electron chi connectivity index (χ1n) is 14.5. The van der Waals surface area contributed by atoms with Gasteiger partial charge >= 0.3 is 0 Å². The number of sulfonamides is 1. The third kappa shape index (κ3) is 7.63. The predicted octanol–water partition coefficient (Wildman–Crippen LogP) is 3.79. The molecule has 3 aromatic rings. The Balaban J connectivity index is 0.00000128. The summed E-state index contributed by atoms with van der Waals surface area (Å²) in [6.07, 6.45) is 2.43. The maximum atomic E-state index is 13.6. The smallest absolute Gasteiger partial charge is 0.265 e. The minimum atomic E-state index is -3.40. The van der Waals surface area contributed by atoms with E-state index in [1.165, 1.54) is 22.7 Å². The van der Waals surface area contributed by atoms with Gasteiger partial charge in [0.1, 0.15) is 11.6 Å². The number of aromatic nitrogens is 2. The van der Waals surface area contributed by atoms with Crippen LogP contribution in [-0.4, -0.2) is 96.5 Å². The summed E-state index contributed by atoms with van der Waals surface area (Å²) < 4.78 is 66.2. The maximum absolute atomic E-state index is 13.6. The van der Waals surface area contributed by atoms with E-state index in [0.717, 1.165) is 24.1 Å². The number of carbonyl (C=O) groups excluding carboxylic acids is 1. The Morgan fingerprint density at radius 1 is 1.09 bits per heavy atom. The molecule has 3 aliphatic heterocycles. The molecule has 1 N–H and O–H groups in total. The third-order valence-electron chi connectivity index (χ3n) is 8.26. The van der Waals surface area contributed by atoms with Crippen molar-refractivity contribution >= 4 is 33.2 Å². The van der Waals surface area contributed by atoms with E-state index in [0.29, 0.717) is 60.3 Å². The Hall–Kier alpha value is -3.17. The molecule has 0 aliphatic carbocycles. The van der Waals surface area contributed by atoms with Gasteiger partial charge in [-0.15, -0.1) is 0 Å². The summed E-state index contributed by atoms with van der Waals surface area (Å²) >= 11 is 6.21. The molecule has 3 aliphatic rings. The number of aliphatic hydroxyl groups is 1. The Labute approximate surface area is 265 Å². The molecule has 1 aromatic heterocycles. The summed E-state index contributed by atoms with van der Waals surface area (Å²) in [5, 5.41) is 16.4. The molecule has 0 bridgehead atoms. The van der Waals surface area contributed by atoms with Gasteiger partial charge in [0.2, 0.25) is 17.0 Å². The quantitative estimate of drug-likeness (QED) is 0.408. The van der Waals surface area contributed by atoms with E-state index < -0.39 is 23.1 Å². The van der Waals surface area contributed by atoms with Gasteiger partial charge in [0.25, 0.3) is 5.91 Å². The van der Waals surface area contributed by atoms with Crippen molar-refractivity contribution in [1.29, 1.82) is 0 Å². The van der Waals surface area contributed by atoms with Gasteiger partial charge in [-0.3, -0.25) is 9.48 Å². The highest BCUT2D eigenvalue weighted by atomic mass is 35.5. The van der Waals surface area contributed by atoms with Gasteiger partial charge in [-0.05, 0) is 55.3 Å². The van der Waals surface area contributed by atoms with Gasteiger partial charge in [0, 0.05) is 67.0 Å². The number of nitrogens with zero attached hydrogens (tertiary/aromatic N) is 5. The number of β-amino-alcohol motifs (C(OH)–C–C–N with tert-alkyl or cyclic N) is 1. The van der Waals surface area contributed by atoms with Gasteiger partial charge < -0.3 is 19.6 Å². The SMILES string of the molecule is CS(=O)(=O)N1CCc2c(c(-c3ccc(F)cc3)nn2CC(O)CN2CCC(N3C(=O)COc4ccc(Cl)cc43)CC2)C1.FCF. The van der Waals surface area contributed by atoms with E-state index >= 15 is 0 Å². The van der Waals surface area contributed by atoms with Gasteiger partial charge in [-0.2, -0.15) is 9.40 Å². The second kappa shape index (κ2) is 14.1. The number of piperidine rings is 1. The second-order valence-corrected chi connectivity index (χ2v) is 13.7. The van der Waals surface area contributed by atoms with Crippen molar-refractivity contribution < 1.29 is 36.2 Å². The molecule has 244 valence electrons. The molecule has 4 heterocycles. The lowest BCUT2D eigenvalue weighted by Crippen LogP contribution is -2.51. The first-order valence-corrected chi connectivity index (χ1v) is 16.8. The topological polar surface area (TPSA) is 108 Å².